The number of aromatic nitrogens is 3. The van der Waals surface area contributed by atoms with Gasteiger partial charge < -0.3 is 5.32 Å². The monoisotopic (exact) mass is 362 g/mol. The van der Waals surface area contributed by atoms with E-state index in [-0.39, 0.29) is 5.91 Å². The van der Waals surface area contributed by atoms with Crippen molar-refractivity contribution in [3.63, 3.8) is 0 Å². The number of nitrogens with zero attached hydrogens (tertiary/aromatic N) is 3. The summed E-state index contributed by atoms with van der Waals surface area (Å²) >= 11 is 1.40. The molecule has 0 saturated heterocycles. The van der Waals surface area contributed by atoms with Crippen LogP contribution < -0.4 is 16.2 Å². The van der Waals surface area contributed by atoms with E-state index < -0.39 is 0 Å². The van der Waals surface area contributed by atoms with Gasteiger partial charge in [0.05, 0.1) is 10.4 Å². The molecule has 26 heavy (non-hydrogen) atoms. The zero-order chi connectivity index (χ0) is 17.8. The predicted molar refractivity (Wildman–Crippen MR) is 103 cm³/mol. The van der Waals surface area contributed by atoms with Gasteiger partial charge in [0, 0.05) is 17.3 Å². The Balaban J connectivity index is 1.58. The van der Waals surface area contributed by atoms with Crippen molar-refractivity contribution >= 4 is 45.5 Å². The summed E-state index contributed by atoms with van der Waals surface area (Å²) in [6, 6.07) is 14.7. The Bertz CT molecular complexity index is 1040. The summed E-state index contributed by atoms with van der Waals surface area (Å²) in [6.07, 6.45) is 3.18. The third-order valence-corrected chi connectivity index (χ3v) is 4.48. The third-order valence-electron chi connectivity index (χ3n) is 3.61. The molecule has 3 N–H and O–H groups in total. The van der Waals surface area contributed by atoms with Gasteiger partial charge in [-0.1, -0.05) is 12.1 Å². The Morgan fingerprint density at radius 2 is 1.92 bits per heavy atom. The van der Waals surface area contributed by atoms with Crippen molar-refractivity contribution in [2.75, 3.05) is 16.2 Å². The molecule has 3 heterocycles. The van der Waals surface area contributed by atoms with Crippen molar-refractivity contribution in [2.24, 2.45) is 0 Å². The van der Waals surface area contributed by atoms with E-state index in [0.29, 0.717) is 22.2 Å². The first-order valence-corrected chi connectivity index (χ1v) is 8.70. The van der Waals surface area contributed by atoms with Gasteiger partial charge in [0.15, 0.2) is 5.82 Å². The second kappa shape index (κ2) is 7.16. The molecule has 0 bridgehead atoms. The molecule has 0 atom stereocenters. The van der Waals surface area contributed by atoms with Gasteiger partial charge in [-0.25, -0.2) is 15.0 Å². The minimum absolute atomic E-state index is 0.141. The molecule has 1 amide bonds. The first-order valence-electron chi connectivity index (χ1n) is 7.82. The average Bonchev–Trinajstić information content (AvgIpc) is 3.22. The first-order chi connectivity index (χ1) is 12.8. The van der Waals surface area contributed by atoms with Gasteiger partial charge in [-0.05, 0) is 41.8 Å². The number of carbonyl (C=O) groups is 1. The fraction of sp³-hybridized carbons (Fsp3) is 0. The number of carbonyl (C=O) groups excluding carboxylic acids is 1. The number of nitrogens with one attached hydrogen (secondary N) is 3. The van der Waals surface area contributed by atoms with E-state index in [2.05, 4.69) is 31.1 Å². The van der Waals surface area contributed by atoms with Crippen LogP contribution >= 0.6 is 11.3 Å². The summed E-state index contributed by atoms with van der Waals surface area (Å²) in [7, 11) is 0. The van der Waals surface area contributed by atoms with Crippen molar-refractivity contribution in [1.29, 1.82) is 0 Å². The van der Waals surface area contributed by atoms with Crippen molar-refractivity contribution in [3.8, 4) is 0 Å². The summed E-state index contributed by atoms with van der Waals surface area (Å²) in [4.78, 5) is 25.6. The maximum Gasteiger partial charge on any atom is 0.265 e. The first kappa shape index (κ1) is 16.0. The zero-order valence-corrected chi connectivity index (χ0v) is 14.3. The number of benzene rings is 1. The zero-order valence-electron chi connectivity index (χ0n) is 13.5. The fourth-order valence-electron chi connectivity index (χ4n) is 2.39. The highest BCUT2D eigenvalue weighted by molar-refractivity contribution is 7.12. The molecule has 1 aromatic carbocycles. The summed E-state index contributed by atoms with van der Waals surface area (Å²) in [5, 5.41) is 5.54. The fourth-order valence-corrected chi connectivity index (χ4v) is 3.01. The molecular formula is C18H14N6OS. The molecule has 8 heteroatoms. The Morgan fingerprint density at radius 3 is 2.73 bits per heavy atom. The summed E-state index contributed by atoms with van der Waals surface area (Å²) in [6.45, 7) is 0. The maximum absolute atomic E-state index is 12.2. The van der Waals surface area contributed by atoms with Gasteiger partial charge in [0.2, 0.25) is 0 Å². The summed E-state index contributed by atoms with van der Waals surface area (Å²) in [5.41, 5.74) is 7.47. The average molecular weight is 362 g/mol. The van der Waals surface area contributed by atoms with Crippen LogP contribution in [-0.2, 0) is 0 Å². The second-order valence-corrected chi connectivity index (χ2v) is 6.30. The number of thiophene rings is 1. The molecule has 0 unspecified atom stereocenters. The van der Waals surface area contributed by atoms with Gasteiger partial charge in [0.1, 0.15) is 12.1 Å². The molecule has 4 aromatic rings. The van der Waals surface area contributed by atoms with Gasteiger partial charge in [-0.15, -0.1) is 11.3 Å². The molecule has 0 aliphatic heterocycles. The number of anilines is 3. The molecule has 128 valence electrons. The normalized spacial score (nSPS) is 10.5. The van der Waals surface area contributed by atoms with E-state index in [0.717, 1.165) is 10.9 Å². The number of fused-ring (bicyclic) bond motifs is 1. The van der Waals surface area contributed by atoms with Crippen molar-refractivity contribution in [3.05, 3.63) is 71.3 Å². The van der Waals surface area contributed by atoms with E-state index >= 15 is 0 Å². The number of amides is 1. The van der Waals surface area contributed by atoms with Crippen LogP contribution in [0.4, 0.5) is 17.3 Å². The Morgan fingerprint density at radius 1 is 0.962 bits per heavy atom. The Kier molecular flexibility index (Phi) is 4.40. The topological polar surface area (TPSA) is 91.8 Å². The minimum atomic E-state index is -0.141. The second-order valence-electron chi connectivity index (χ2n) is 5.35. The van der Waals surface area contributed by atoms with Crippen LogP contribution in [-0.4, -0.2) is 20.9 Å². The molecule has 3 aromatic heterocycles. The highest BCUT2D eigenvalue weighted by atomic mass is 32.1. The molecule has 0 fully saturated rings. The maximum atomic E-state index is 12.2. The number of hydrogen-bond donors (Lipinski definition) is 3. The van der Waals surface area contributed by atoms with Crippen LogP contribution in [0.25, 0.3) is 10.9 Å². The third kappa shape index (κ3) is 3.45. The van der Waals surface area contributed by atoms with Crippen molar-refractivity contribution in [1.82, 2.24) is 15.0 Å². The van der Waals surface area contributed by atoms with E-state index in [4.69, 9.17) is 0 Å². The van der Waals surface area contributed by atoms with E-state index in [1.807, 2.05) is 47.8 Å². The van der Waals surface area contributed by atoms with Gasteiger partial charge in [-0.3, -0.25) is 15.6 Å². The highest BCUT2D eigenvalue weighted by Gasteiger charge is 2.09. The Hall–Kier alpha value is -3.52. The Labute approximate surface area is 153 Å². The molecule has 0 radical (unpaired) electrons. The van der Waals surface area contributed by atoms with E-state index in [1.54, 1.807) is 12.3 Å². The minimum Gasteiger partial charge on any atom is -0.321 e. The molecule has 0 spiro atoms. The number of hydrogen-bond acceptors (Lipinski definition) is 7. The number of rotatable bonds is 5. The summed E-state index contributed by atoms with van der Waals surface area (Å²) < 4.78 is 0. The predicted octanol–water partition coefficient (Wildman–Crippen LogP) is 3.78. The van der Waals surface area contributed by atoms with Crippen molar-refractivity contribution < 1.29 is 4.79 Å². The summed E-state index contributed by atoms with van der Waals surface area (Å²) in [5.74, 6) is 1.12. The lowest BCUT2D eigenvalue weighted by molar-refractivity contribution is 0.103. The van der Waals surface area contributed by atoms with Crippen LogP contribution in [0.1, 0.15) is 9.67 Å². The lowest BCUT2D eigenvalue weighted by Crippen LogP contribution is -2.12. The van der Waals surface area contributed by atoms with E-state index in [1.165, 1.54) is 17.7 Å². The standard InChI is InChI=1S/C18H14N6OS/c25-18(15-4-3-9-26-15)22-12-6-7-14-13(10-12)17(21-11-20-14)24-23-16-5-1-2-8-19-16/h1-11H,(H,19,23)(H,22,25)(H,20,21,24). The number of hydrazine groups is 1. The molecular weight excluding hydrogens is 348 g/mol. The van der Waals surface area contributed by atoms with Gasteiger partial charge >= 0.3 is 0 Å². The van der Waals surface area contributed by atoms with Gasteiger partial charge in [0.25, 0.3) is 5.91 Å². The highest BCUT2D eigenvalue weighted by Crippen LogP contribution is 2.24. The lowest BCUT2D eigenvalue weighted by atomic mass is 10.2. The molecule has 4 rings (SSSR count). The van der Waals surface area contributed by atoms with Crippen LogP contribution in [0.5, 0.6) is 0 Å². The van der Waals surface area contributed by atoms with Crippen molar-refractivity contribution in [2.45, 2.75) is 0 Å². The quantitative estimate of drug-likeness (QED) is 0.468. The van der Waals surface area contributed by atoms with E-state index in [9.17, 15) is 4.79 Å². The van der Waals surface area contributed by atoms with Crippen LogP contribution in [0.3, 0.4) is 0 Å². The van der Waals surface area contributed by atoms with Gasteiger partial charge in [-0.2, -0.15) is 0 Å². The molecule has 0 aliphatic carbocycles. The number of pyridine rings is 1. The molecule has 0 saturated carbocycles. The largest absolute Gasteiger partial charge is 0.321 e. The smallest absolute Gasteiger partial charge is 0.265 e. The van der Waals surface area contributed by atoms with Crippen LogP contribution in [0.15, 0.2) is 66.4 Å². The molecule has 0 aliphatic rings. The molecule has 7 nitrogen and oxygen atoms in total. The van der Waals surface area contributed by atoms with Crippen LogP contribution in [0, 0.1) is 0 Å². The SMILES string of the molecule is O=C(Nc1ccc2ncnc(NNc3ccccn3)c2c1)c1cccs1. The lowest BCUT2D eigenvalue weighted by Gasteiger charge is -2.11. The van der Waals surface area contributed by atoms with Crippen LogP contribution in [0.2, 0.25) is 0 Å².